The fourth-order valence-corrected chi connectivity index (χ4v) is 3.61. The molecule has 1 aromatic carbocycles. The summed E-state index contributed by atoms with van der Waals surface area (Å²) in [5.41, 5.74) is 0.760. The Morgan fingerprint density at radius 2 is 2.00 bits per heavy atom. The first-order chi connectivity index (χ1) is 11.2. The minimum Gasteiger partial charge on any atom is -0.443 e. The van der Waals surface area contributed by atoms with E-state index in [-0.39, 0.29) is 12.1 Å². The number of halogens is 2. The number of ether oxygens (including phenoxy) is 2. The van der Waals surface area contributed by atoms with Gasteiger partial charge in [-0.1, -0.05) is 0 Å². The van der Waals surface area contributed by atoms with Gasteiger partial charge in [0.2, 0.25) is 0 Å². The molecule has 2 unspecified atom stereocenters. The van der Waals surface area contributed by atoms with Gasteiger partial charge in [-0.2, -0.15) is 0 Å². The lowest BCUT2D eigenvalue weighted by molar-refractivity contribution is 0.0575. The molecule has 0 radical (unpaired) electrons. The van der Waals surface area contributed by atoms with Crippen LogP contribution in [0.5, 0.6) is 0 Å². The number of anilines is 2. The lowest BCUT2D eigenvalue weighted by Gasteiger charge is -2.40. The van der Waals surface area contributed by atoms with Crippen LogP contribution in [0.3, 0.4) is 0 Å². The Hall–Kier alpha value is -1.34. The van der Waals surface area contributed by atoms with Gasteiger partial charge in [0.25, 0.3) is 0 Å². The van der Waals surface area contributed by atoms with Gasteiger partial charge in [0.15, 0.2) is 0 Å². The number of hydrogen-bond acceptors (Lipinski definition) is 4. The zero-order valence-electron chi connectivity index (χ0n) is 14.3. The molecule has 1 amide bonds. The molecule has 2 heterocycles. The maximum Gasteiger partial charge on any atom is 0.414 e. The van der Waals surface area contributed by atoms with Gasteiger partial charge in [-0.15, -0.1) is 0 Å². The molecule has 0 N–H and O–H groups in total. The summed E-state index contributed by atoms with van der Waals surface area (Å²) in [7, 11) is 1.69. The van der Waals surface area contributed by atoms with Crippen molar-refractivity contribution >= 4 is 33.4 Å². The zero-order chi connectivity index (χ0) is 17.6. The van der Waals surface area contributed by atoms with E-state index in [1.165, 1.54) is 11.0 Å². The first-order valence-electron chi connectivity index (χ1n) is 7.98. The average Bonchev–Trinajstić information content (AvgIpc) is 2.89. The van der Waals surface area contributed by atoms with Gasteiger partial charge in [0.05, 0.1) is 22.0 Å². The average molecular weight is 401 g/mol. The fourth-order valence-electron chi connectivity index (χ4n) is 3.28. The second kappa shape index (κ2) is 6.19. The topological polar surface area (TPSA) is 42.0 Å². The zero-order valence-corrected chi connectivity index (χ0v) is 15.9. The van der Waals surface area contributed by atoms with Crippen LogP contribution in [0.2, 0.25) is 0 Å². The van der Waals surface area contributed by atoms with Crippen LogP contribution < -0.4 is 9.80 Å². The molecular weight excluding hydrogens is 379 g/mol. The fraction of sp³-hybridized carbons (Fsp3) is 0.588. The molecule has 5 nitrogen and oxygen atoms in total. The Kier molecular flexibility index (Phi) is 4.51. The molecule has 0 saturated carbocycles. The predicted octanol–water partition coefficient (Wildman–Crippen LogP) is 3.94. The van der Waals surface area contributed by atoms with Gasteiger partial charge in [-0.3, -0.25) is 4.90 Å². The summed E-state index contributed by atoms with van der Waals surface area (Å²) in [6.07, 6.45) is 0.473. The van der Waals surface area contributed by atoms with Crippen molar-refractivity contribution in [1.82, 2.24) is 0 Å². The lowest BCUT2D eigenvalue weighted by atomic mass is 10.1. The van der Waals surface area contributed by atoms with E-state index in [0.717, 1.165) is 18.7 Å². The SMILES string of the molecule is COC1CC2CN(C(=O)OC(C)(C)C)c3cc(F)c(Br)cc3N2C1. The van der Waals surface area contributed by atoms with Gasteiger partial charge in [0.1, 0.15) is 11.4 Å². The Labute approximate surface area is 149 Å². The number of carbonyl (C=O) groups excluding carboxylic acids is 1. The van der Waals surface area contributed by atoms with E-state index in [1.54, 1.807) is 13.2 Å². The molecule has 1 saturated heterocycles. The third kappa shape index (κ3) is 3.24. The number of benzene rings is 1. The highest BCUT2D eigenvalue weighted by molar-refractivity contribution is 9.10. The van der Waals surface area contributed by atoms with Crippen molar-refractivity contribution in [3.05, 3.63) is 22.4 Å². The Morgan fingerprint density at radius 1 is 1.29 bits per heavy atom. The van der Waals surface area contributed by atoms with Gasteiger partial charge in [-0.05, 0) is 49.2 Å². The van der Waals surface area contributed by atoms with Crippen molar-refractivity contribution in [1.29, 1.82) is 0 Å². The standard InChI is InChI=1S/C17H22BrFN2O3/c1-17(2,3)24-16(22)21-8-10-5-11(23-4)9-20(10)14-6-12(18)13(19)7-15(14)21/h6-7,10-11H,5,8-9H2,1-4H3. The molecule has 24 heavy (non-hydrogen) atoms. The summed E-state index contributed by atoms with van der Waals surface area (Å²) >= 11 is 3.24. The van der Waals surface area contributed by atoms with Crippen LogP contribution >= 0.6 is 15.9 Å². The van der Waals surface area contributed by atoms with Crippen molar-refractivity contribution in [3.63, 3.8) is 0 Å². The van der Waals surface area contributed by atoms with E-state index in [4.69, 9.17) is 9.47 Å². The molecular formula is C17H22BrFN2O3. The molecule has 0 aromatic heterocycles. The summed E-state index contributed by atoms with van der Waals surface area (Å²) in [5, 5.41) is 0. The Bertz CT molecular complexity index is 662. The highest BCUT2D eigenvalue weighted by Crippen LogP contribution is 2.42. The van der Waals surface area contributed by atoms with Crippen molar-refractivity contribution in [3.8, 4) is 0 Å². The number of methoxy groups -OCH3 is 1. The highest BCUT2D eigenvalue weighted by atomic mass is 79.9. The number of rotatable bonds is 1. The summed E-state index contributed by atoms with van der Waals surface area (Å²) in [4.78, 5) is 16.4. The number of carbonyl (C=O) groups is 1. The van der Waals surface area contributed by atoms with Gasteiger partial charge >= 0.3 is 6.09 Å². The molecule has 7 heteroatoms. The highest BCUT2D eigenvalue weighted by Gasteiger charge is 2.42. The molecule has 1 aromatic rings. The number of hydrogen-bond donors (Lipinski definition) is 0. The summed E-state index contributed by atoms with van der Waals surface area (Å²) < 4.78 is 25.5. The molecule has 2 aliphatic rings. The number of nitrogens with zero attached hydrogens (tertiary/aromatic N) is 2. The first-order valence-corrected chi connectivity index (χ1v) is 8.78. The predicted molar refractivity (Wildman–Crippen MR) is 94.2 cm³/mol. The van der Waals surface area contributed by atoms with E-state index in [0.29, 0.717) is 16.7 Å². The normalized spacial score (nSPS) is 23.1. The van der Waals surface area contributed by atoms with Crippen molar-refractivity contribution in [2.75, 3.05) is 30.0 Å². The van der Waals surface area contributed by atoms with Crippen LogP contribution in [-0.2, 0) is 9.47 Å². The Balaban J connectivity index is 2.00. The summed E-state index contributed by atoms with van der Waals surface area (Å²) in [6, 6.07) is 3.25. The van der Waals surface area contributed by atoms with Gasteiger partial charge < -0.3 is 14.4 Å². The maximum absolute atomic E-state index is 14.1. The van der Waals surface area contributed by atoms with Gasteiger partial charge in [0, 0.05) is 32.3 Å². The third-order valence-corrected chi connectivity index (χ3v) is 4.94. The maximum atomic E-state index is 14.1. The molecule has 2 aliphatic heterocycles. The van der Waals surface area contributed by atoms with Crippen LogP contribution in [0, 0.1) is 5.82 Å². The molecule has 0 spiro atoms. The largest absolute Gasteiger partial charge is 0.443 e. The smallest absolute Gasteiger partial charge is 0.414 e. The van der Waals surface area contributed by atoms with E-state index in [2.05, 4.69) is 20.8 Å². The molecule has 0 aliphatic carbocycles. The Morgan fingerprint density at radius 3 is 2.62 bits per heavy atom. The molecule has 3 rings (SSSR count). The number of fused-ring (bicyclic) bond motifs is 3. The van der Waals surface area contributed by atoms with Crippen molar-refractivity contribution in [2.45, 2.75) is 44.9 Å². The quantitative estimate of drug-likeness (QED) is 0.715. The van der Waals surface area contributed by atoms with Crippen LogP contribution in [-0.4, -0.2) is 44.0 Å². The van der Waals surface area contributed by atoms with E-state index in [9.17, 15) is 9.18 Å². The van der Waals surface area contributed by atoms with E-state index < -0.39 is 17.5 Å². The van der Waals surface area contributed by atoms with Crippen LogP contribution in [0.15, 0.2) is 16.6 Å². The molecule has 0 bridgehead atoms. The monoisotopic (exact) mass is 400 g/mol. The lowest BCUT2D eigenvalue weighted by Crippen LogP contribution is -2.49. The third-order valence-electron chi connectivity index (χ3n) is 4.33. The summed E-state index contributed by atoms with van der Waals surface area (Å²) in [6.45, 7) is 6.65. The minimum atomic E-state index is -0.604. The van der Waals surface area contributed by atoms with Crippen molar-refractivity contribution in [2.24, 2.45) is 0 Å². The van der Waals surface area contributed by atoms with E-state index in [1.807, 2.05) is 20.8 Å². The molecule has 1 fully saturated rings. The molecule has 132 valence electrons. The second-order valence-electron chi connectivity index (χ2n) is 7.25. The van der Waals surface area contributed by atoms with Crippen LogP contribution in [0.1, 0.15) is 27.2 Å². The second-order valence-corrected chi connectivity index (χ2v) is 8.10. The summed E-state index contributed by atoms with van der Waals surface area (Å²) in [5.74, 6) is -0.400. The van der Waals surface area contributed by atoms with Gasteiger partial charge in [-0.25, -0.2) is 9.18 Å². The van der Waals surface area contributed by atoms with E-state index >= 15 is 0 Å². The molecule has 2 atom stereocenters. The first kappa shape index (κ1) is 17.5. The van der Waals surface area contributed by atoms with Crippen LogP contribution in [0.4, 0.5) is 20.6 Å². The van der Waals surface area contributed by atoms with Crippen molar-refractivity contribution < 1.29 is 18.7 Å². The minimum absolute atomic E-state index is 0.102. The van der Waals surface area contributed by atoms with Crippen LogP contribution in [0.25, 0.3) is 0 Å². The number of amides is 1.